The molecular formula is C15H23NO3. The lowest BCUT2D eigenvalue weighted by Crippen LogP contribution is -2.11. The lowest BCUT2D eigenvalue weighted by atomic mass is 10.2. The Balaban J connectivity index is 2.74. The molecule has 0 aromatic heterocycles. The first-order chi connectivity index (χ1) is 9.21. The van der Waals surface area contributed by atoms with Crippen LogP contribution in [-0.4, -0.2) is 19.1 Å². The minimum Gasteiger partial charge on any atom is -0.490 e. The molecule has 1 aromatic rings. The van der Waals surface area contributed by atoms with Gasteiger partial charge in [0.1, 0.15) is 0 Å². The molecule has 0 aliphatic heterocycles. The minimum absolute atomic E-state index is 0.0356. The summed E-state index contributed by atoms with van der Waals surface area (Å²) in [6.45, 7) is 7.06. The van der Waals surface area contributed by atoms with Crippen molar-refractivity contribution in [2.75, 3.05) is 18.5 Å². The topological polar surface area (TPSA) is 47.6 Å². The molecule has 0 aliphatic rings. The predicted octanol–water partition coefficient (Wildman–Crippen LogP) is 3.61. The third kappa shape index (κ3) is 5.20. The van der Waals surface area contributed by atoms with Crippen LogP contribution in [0.25, 0.3) is 0 Å². The van der Waals surface area contributed by atoms with Gasteiger partial charge in [-0.3, -0.25) is 4.79 Å². The Bertz CT molecular complexity index is 404. The van der Waals surface area contributed by atoms with E-state index in [9.17, 15) is 4.79 Å². The zero-order valence-electron chi connectivity index (χ0n) is 12.0. The normalized spacial score (nSPS) is 10.1. The number of benzene rings is 1. The first-order valence-electron chi connectivity index (χ1n) is 6.90. The van der Waals surface area contributed by atoms with Gasteiger partial charge < -0.3 is 14.8 Å². The Kier molecular flexibility index (Phi) is 6.79. The number of unbranched alkanes of at least 4 members (excludes halogenated alkanes) is 1. The van der Waals surface area contributed by atoms with Crippen molar-refractivity contribution in [2.45, 2.75) is 40.0 Å². The summed E-state index contributed by atoms with van der Waals surface area (Å²) in [4.78, 5) is 11.7. The van der Waals surface area contributed by atoms with E-state index in [4.69, 9.17) is 9.47 Å². The van der Waals surface area contributed by atoms with E-state index >= 15 is 0 Å². The van der Waals surface area contributed by atoms with Crippen LogP contribution in [0.15, 0.2) is 18.2 Å². The fourth-order valence-corrected chi connectivity index (χ4v) is 1.69. The number of ether oxygens (including phenoxy) is 2. The highest BCUT2D eigenvalue weighted by atomic mass is 16.5. The molecule has 4 heteroatoms. The summed E-state index contributed by atoms with van der Waals surface area (Å²) in [6, 6.07) is 5.46. The zero-order valence-corrected chi connectivity index (χ0v) is 12.0. The van der Waals surface area contributed by atoms with Crippen molar-refractivity contribution in [3.05, 3.63) is 18.2 Å². The van der Waals surface area contributed by atoms with Crippen molar-refractivity contribution < 1.29 is 14.3 Å². The van der Waals surface area contributed by atoms with Gasteiger partial charge in [0.2, 0.25) is 5.91 Å². The van der Waals surface area contributed by atoms with Gasteiger partial charge >= 0.3 is 0 Å². The van der Waals surface area contributed by atoms with Crippen molar-refractivity contribution >= 4 is 11.6 Å². The lowest BCUT2D eigenvalue weighted by molar-refractivity contribution is -0.116. The first kappa shape index (κ1) is 15.3. The Morgan fingerprint density at radius 1 is 1.11 bits per heavy atom. The van der Waals surface area contributed by atoms with Gasteiger partial charge in [-0.15, -0.1) is 0 Å². The highest BCUT2D eigenvalue weighted by Crippen LogP contribution is 2.30. The van der Waals surface area contributed by atoms with Crippen molar-refractivity contribution in [3.8, 4) is 11.5 Å². The molecule has 0 fully saturated rings. The average molecular weight is 265 g/mol. The molecule has 1 N–H and O–H groups in total. The standard InChI is InChI=1S/C15H23NO3/c1-4-7-8-15(17)16-12-9-10-13(18-5-2)14(11-12)19-6-3/h9-11H,4-8H2,1-3H3,(H,16,17). The van der Waals surface area contributed by atoms with Gasteiger partial charge in [0.15, 0.2) is 11.5 Å². The molecule has 0 saturated heterocycles. The Hall–Kier alpha value is -1.71. The lowest BCUT2D eigenvalue weighted by Gasteiger charge is -2.13. The van der Waals surface area contributed by atoms with E-state index in [0.717, 1.165) is 18.5 Å². The molecule has 4 nitrogen and oxygen atoms in total. The van der Waals surface area contributed by atoms with E-state index in [-0.39, 0.29) is 5.91 Å². The number of amides is 1. The molecule has 0 bridgehead atoms. The molecule has 19 heavy (non-hydrogen) atoms. The molecule has 0 spiro atoms. The Labute approximate surface area is 115 Å². The number of anilines is 1. The van der Waals surface area contributed by atoms with Gasteiger partial charge in [-0.1, -0.05) is 13.3 Å². The SMILES string of the molecule is CCCCC(=O)Nc1ccc(OCC)c(OCC)c1. The van der Waals surface area contributed by atoms with Crippen molar-refractivity contribution in [3.63, 3.8) is 0 Å². The molecule has 1 aromatic carbocycles. The molecule has 1 amide bonds. The van der Waals surface area contributed by atoms with Gasteiger partial charge in [-0.2, -0.15) is 0 Å². The summed E-state index contributed by atoms with van der Waals surface area (Å²) in [7, 11) is 0. The molecule has 0 heterocycles. The first-order valence-corrected chi connectivity index (χ1v) is 6.90. The second kappa shape index (κ2) is 8.40. The largest absolute Gasteiger partial charge is 0.490 e. The number of carbonyl (C=O) groups is 1. The Morgan fingerprint density at radius 2 is 1.79 bits per heavy atom. The molecule has 1 rings (SSSR count). The predicted molar refractivity (Wildman–Crippen MR) is 76.9 cm³/mol. The summed E-state index contributed by atoms with van der Waals surface area (Å²) in [5.74, 6) is 1.40. The van der Waals surface area contributed by atoms with E-state index in [2.05, 4.69) is 12.2 Å². The van der Waals surface area contributed by atoms with Gasteiger partial charge in [-0.25, -0.2) is 0 Å². The van der Waals surface area contributed by atoms with Crippen LogP contribution in [0.5, 0.6) is 11.5 Å². The van der Waals surface area contributed by atoms with Gasteiger partial charge in [-0.05, 0) is 32.4 Å². The van der Waals surface area contributed by atoms with Crippen LogP contribution < -0.4 is 14.8 Å². The van der Waals surface area contributed by atoms with Crippen LogP contribution in [0.2, 0.25) is 0 Å². The van der Waals surface area contributed by atoms with E-state index in [0.29, 0.717) is 31.1 Å². The molecule has 0 saturated carbocycles. The van der Waals surface area contributed by atoms with Gasteiger partial charge in [0, 0.05) is 18.2 Å². The average Bonchev–Trinajstić information content (AvgIpc) is 2.40. The molecule has 0 radical (unpaired) electrons. The number of carbonyl (C=O) groups excluding carboxylic acids is 1. The quantitative estimate of drug-likeness (QED) is 0.781. The van der Waals surface area contributed by atoms with Crippen LogP contribution in [0.4, 0.5) is 5.69 Å². The Morgan fingerprint density at radius 3 is 2.42 bits per heavy atom. The minimum atomic E-state index is 0.0356. The number of rotatable bonds is 8. The monoisotopic (exact) mass is 265 g/mol. The smallest absolute Gasteiger partial charge is 0.224 e. The maximum absolute atomic E-state index is 11.7. The van der Waals surface area contributed by atoms with Crippen LogP contribution in [0, 0.1) is 0 Å². The van der Waals surface area contributed by atoms with Crippen molar-refractivity contribution in [1.29, 1.82) is 0 Å². The van der Waals surface area contributed by atoms with Crippen LogP contribution in [0.1, 0.15) is 40.0 Å². The van der Waals surface area contributed by atoms with Crippen LogP contribution in [-0.2, 0) is 4.79 Å². The number of nitrogens with one attached hydrogen (secondary N) is 1. The highest BCUT2D eigenvalue weighted by Gasteiger charge is 2.08. The summed E-state index contributed by atoms with van der Waals surface area (Å²) in [6.07, 6.45) is 2.47. The van der Waals surface area contributed by atoms with E-state index in [1.165, 1.54) is 0 Å². The summed E-state index contributed by atoms with van der Waals surface area (Å²) < 4.78 is 11.0. The van der Waals surface area contributed by atoms with Crippen molar-refractivity contribution in [2.24, 2.45) is 0 Å². The summed E-state index contributed by atoms with van der Waals surface area (Å²) in [5.41, 5.74) is 0.744. The zero-order chi connectivity index (χ0) is 14.1. The maximum Gasteiger partial charge on any atom is 0.224 e. The number of hydrogen-bond acceptors (Lipinski definition) is 3. The van der Waals surface area contributed by atoms with Crippen molar-refractivity contribution in [1.82, 2.24) is 0 Å². The molecule has 0 unspecified atom stereocenters. The molecular weight excluding hydrogens is 242 g/mol. The third-order valence-electron chi connectivity index (χ3n) is 2.58. The molecule has 106 valence electrons. The maximum atomic E-state index is 11.7. The number of hydrogen-bond donors (Lipinski definition) is 1. The third-order valence-corrected chi connectivity index (χ3v) is 2.58. The molecule has 0 atom stereocenters. The summed E-state index contributed by atoms with van der Waals surface area (Å²) in [5, 5.41) is 2.87. The second-order valence-electron chi connectivity index (χ2n) is 4.18. The second-order valence-corrected chi connectivity index (χ2v) is 4.18. The van der Waals surface area contributed by atoms with E-state index in [1.807, 2.05) is 26.0 Å². The van der Waals surface area contributed by atoms with E-state index < -0.39 is 0 Å². The highest BCUT2D eigenvalue weighted by molar-refractivity contribution is 5.91. The van der Waals surface area contributed by atoms with Crippen LogP contribution >= 0.6 is 0 Å². The van der Waals surface area contributed by atoms with Gasteiger partial charge in [0.25, 0.3) is 0 Å². The van der Waals surface area contributed by atoms with Gasteiger partial charge in [0.05, 0.1) is 13.2 Å². The summed E-state index contributed by atoms with van der Waals surface area (Å²) >= 11 is 0. The fraction of sp³-hybridized carbons (Fsp3) is 0.533. The van der Waals surface area contributed by atoms with Crippen LogP contribution in [0.3, 0.4) is 0 Å². The van der Waals surface area contributed by atoms with E-state index in [1.54, 1.807) is 6.07 Å². The fourth-order valence-electron chi connectivity index (χ4n) is 1.69. The molecule has 0 aliphatic carbocycles.